The SMILES string of the molecule is COc1ccccc1CC(CCl)Cc1cccs1. The molecule has 0 radical (unpaired) electrons. The summed E-state index contributed by atoms with van der Waals surface area (Å²) in [5.74, 6) is 2.09. The van der Waals surface area contributed by atoms with Gasteiger partial charge in [-0.25, -0.2) is 0 Å². The first-order chi connectivity index (χ1) is 8.83. The molecular formula is C15H17ClOS. The van der Waals surface area contributed by atoms with E-state index in [0.717, 1.165) is 18.6 Å². The molecule has 0 fully saturated rings. The van der Waals surface area contributed by atoms with E-state index in [1.54, 1.807) is 18.4 Å². The van der Waals surface area contributed by atoms with E-state index in [-0.39, 0.29) is 0 Å². The summed E-state index contributed by atoms with van der Waals surface area (Å²) >= 11 is 7.89. The molecule has 1 aromatic heterocycles. The van der Waals surface area contributed by atoms with Crippen molar-refractivity contribution in [1.29, 1.82) is 0 Å². The minimum Gasteiger partial charge on any atom is -0.496 e. The molecule has 96 valence electrons. The zero-order chi connectivity index (χ0) is 12.8. The van der Waals surface area contributed by atoms with Gasteiger partial charge in [0.15, 0.2) is 0 Å². The molecule has 1 heterocycles. The molecule has 0 saturated carbocycles. The van der Waals surface area contributed by atoms with E-state index in [1.165, 1.54) is 10.4 Å². The Balaban J connectivity index is 2.05. The molecule has 3 heteroatoms. The maximum Gasteiger partial charge on any atom is 0.122 e. The van der Waals surface area contributed by atoms with Gasteiger partial charge in [0, 0.05) is 10.8 Å². The van der Waals surface area contributed by atoms with E-state index in [0.29, 0.717) is 11.8 Å². The van der Waals surface area contributed by atoms with E-state index >= 15 is 0 Å². The summed E-state index contributed by atoms with van der Waals surface area (Å²) in [6, 6.07) is 12.4. The summed E-state index contributed by atoms with van der Waals surface area (Å²) in [5.41, 5.74) is 1.24. The Bertz CT molecular complexity index is 467. The van der Waals surface area contributed by atoms with Crippen LogP contribution in [0.5, 0.6) is 5.75 Å². The van der Waals surface area contributed by atoms with Gasteiger partial charge >= 0.3 is 0 Å². The van der Waals surface area contributed by atoms with Crippen molar-refractivity contribution < 1.29 is 4.74 Å². The van der Waals surface area contributed by atoms with Gasteiger partial charge < -0.3 is 4.74 Å². The topological polar surface area (TPSA) is 9.23 Å². The lowest BCUT2D eigenvalue weighted by molar-refractivity contribution is 0.405. The fourth-order valence-corrected chi connectivity index (χ4v) is 3.12. The predicted octanol–water partition coefficient (Wildman–Crippen LogP) is 4.40. The highest BCUT2D eigenvalue weighted by Crippen LogP contribution is 2.24. The van der Waals surface area contributed by atoms with Gasteiger partial charge in [-0.15, -0.1) is 22.9 Å². The molecule has 0 saturated heterocycles. The lowest BCUT2D eigenvalue weighted by Gasteiger charge is -2.15. The first kappa shape index (κ1) is 13.4. The maximum absolute atomic E-state index is 6.09. The van der Waals surface area contributed by atoms with Crippen molar-refractivity contribution in [3.63, 3.8) is 0 Å². The smallest absolute Gasteiger partial charge is 0.122 e. The Morgan fingerprint density at radius 3 is 2.67 bits per heavy atom. The molecular weight excluding hydrogens is 264 g/mol. The van der Waals surface area contributed by atoms with Crippen LogP contribution in [0, 0.1) is 5.92 Å². The molecule has 18 heavy (non-hydrogen) atoms. The summed E-state index contributed by atoms with van der Waals surface area (Å²) in [6.07, 6.45) is 2.00. The van der Waals surface area contributed by atoms with Crippen LogP contribution < -0.4 is 4.74 Å². The second kappa shape index (κ2) is 6.81. The van der Waals surface area contributed by atoms with E-state index < -0.39 is 0 Å². The fourth-order valence-electron chi connectivity index (χ4n) is 2.08. The molecule has 1 unspecified atom stereocenters. The third kappa shape index (κ3) is 3.50. The molecule has 1 atom stereocenters. The summed E-state index contributed by atoms with van der Waals surface area (Å²) in [5, 5.41) is 2.11. The van der Waals surface area contributed by atoms with Crippen molar-refractivity contribution in [2.45, 2.75) is 12.8 Å². The van der Waals surface area contributed by atoms with E-state index in [9.17, 15) is 0 Å². The van der Waals surface area contributed by atoms with Crippen molar-refractivity contribution in [3.05, 3.63) is 52.2 Å². The third-order valence-corrected chi connectivity index (χ3v) is 4.32. The van der Waals surface area contributed by atoms with E-state index in [1.807, 2.05) is 18.2 Å². The number of thiophene rings is 1. The number of methoxy groups -OCH3 is 1. The van der Waals surface area contributed by atoms with Gasteiger partial charge in [-0.3, -0.25) is 0 Å². The zero-order valence-electron chi connectivity index (χ0n) is 10.4. The Hall–Kier alpha value is -0.990. The van der Waals surface area contributed by atoms with Crippen LogP contribution in [-0.4, -0.2) is 13.0 Å². The summed E-state index contributed by atoms with van der Waals surface area (Å²) in [7, 11) is 1.72. The van der Waals surface area contributed by atoms with Crippen molar-refractivity contribution in [1.82, 2.24) is 0 Å². The largest absolute Gasteiger partial charge is 0.496 e. The molecule has 2 rings (SSSR count). The van der Waals surface area contributed by atoms with Gasteiger partial charge in [0.2, 0.25) is 0 Å². The highest BCUT2D eigenvalue weighted by Gasteiger charge is 2.13. The maximum atomic E-state index is 6.09. The summed E-state index contributed by atoms with van der Waals surface area (Å²) < 4.78 is 5.39. The third-order valence-electron chi connectivity index (χ3n) is 2.99. The number of halogens is 1. The van der Waals surface area contributed by atoms with Crippen LogP contribution in [0.25, 0.3) is 0 Å². The lowest BCUT2D eigenvalue weighted by atomic mass is 9.96. The molecule has 0 amide bonds. The number of ether oxygens (including phenoxy) is 1. The van der Waals surface area contributed by atoms with Crippen LogP contribution in [0.3, 0.4) is 0 Å². The zero-order valence-corrected chi connectivity index (χ0v) is 12.0. The Morgan fingerprint density at radius 1 is 1.17 bits per heavy atom. The molecule has 0 spiro atoms. The molecule has 0 N–H and O–H groups in total. The lowest BCUT2D eigenvalue weighted by Crippen LogP contribution is -2.10. The molecule has 1 nitrogen and oxygen atoms in total. The van der Waals surface area contributed by atoms with E-state index in [4.69, 9.17) is 16.3 Å². The Kier molecular flexibility index (Phi) is 5.09. The number of hydrogen-bond donors (Lipinski definition) is 0. The van der Waals surface area contributed by atoms with Crippen LogP contribution in [0.15, 0.2) is 41.8 Å². The fraction of sp³-hybridized carbons (Fsp3) is 0.333. The van der Waals surface area contributed by atoms with Crippen molar-refractivity contribution >= 4 is 22.9 Å². The molecule has 0 bridgehead atoms. The average Bonchev–Trinajstić information content (AvgIpc) is 2.91. The number of hydrogen-bond acceptors (Lipinski definition) is 2. The van der Waals surface area contributed by atoms with Gasteiger partial charge in [-0.05, 0) is 41.8 Å². The van der Waals surface area contributed by atoms with Crippen molar-refractivity contribution in [2.75, 3.05) is 13.0 Å². The standard InChI is InChI=1S/C15H17ClOS/c1-17-15-7-3-2-5-13(15)9-12(11-16)10-14-6-4-8-18-14/h2-8,12H,9-11H2,1H3. The number of rotatable bonds is 6. The number of alkyl halides is 1. The first-order valence-electron chi connectivity index (χ1n) is 6.03. The number of para-hydroxylation sites is 1. The summed E-state index contributed by atoms with van der Waals surface area (Å²) in [6.45, 7) is 0. The quantitative estimate of drug-likeness (QED) is 0.713. The molecule has 0 aliphatic rings. The summed E-state index contributed by atoms with van der Waals surface area (Å²) in [4.78, 5) is 1.40. The average molecular weight is 281 g/mol. The van der Waals surface area contributed by atoms with Gasteiger partial charge in [0.25, 0.3) is 0 Å². The Morgan fingerprint density at radius 2 is 2.00 bits per heavy atom. The van der Waals surface area contributed by atoms with Crippen molar-refractivity contribution in [2.24, 2.45) is 5.92 Å². The minimum absolute atomic E-state index is 0.460. The normalized spacial score (nSPS) is 12.3. The monoisotopic (exact) mass is 280 g/mol. The van der Waals surface area contributed by atoms with Gasteiger partial charge in [0.1, 0.15) is 5.75 Å². The van der Waals surface area contributed by atoms with Gasteiger partial charge in [-0.1, -0.05) is 24.3 Å². The van der Waals surface area contributed by atoms with Crippen LogP contribution >= 0.6 is 22.9 Å². The van der Waals surface area contributed by atoms with Crippen molar-refractivity contribution in [3.8, 4) is 5.75 Å². The molecule has 0 aliphatic heterocycles. The second-order valence-electron chi connectivity index (χ2n) is 4.32. The first-order valence-corrected chi connectivity index (χ1v) is 7.45. The highest BCUT2D eigenvalue weighted by molar-refractivity contribution is 7.09. The molecule has 2 aromatic rings. The van der Waals surface area contributed by atoms with Crippen LogP contribution in [0.1, 0.15) is 10.4 Å². The van der Waals surface area contributed by atoms with Crippen LogP contribution in [0.4, 0.5) is 0 Å². The van der Waals surface area contributed by atoms with Gasteiger partial charge in [-0.2, -0.15) is 0 Å². The highest BCUT2D eigenvalue weighted by atomic mass is 35.5. The predicted molar refractivity (Wildman–Crippen MR) is 78.9 cm³/mol. The van der Waals surface area contributed by atoms with E-state index in [2.05, 4.69) is 23.6 Å². The number of benzene rings is 1. The molecule has 0 aliphatic carbocycles. The van der Waals surface area contributed by atoms with Crippen LogP contribution in [0.2, 0.25) is 0 Å². The van der Waals surface area contributed by atoms with Gasteiger partial charge in [0.05, 0.1) is 7.11 Å². The minimum atomic E-state index is 0.460. The van der Waals surface area contributed by atoms with Crippen LogP contribution in [-0.2, 0) is 12.8 Å². The second-order valence-corrected chi connectivity index (χ2v) is 5.66. The Labute approximate surface area is 117 Å². The molecule has 1 aromatic carbocycles.